The van der Waals surface area contributed by atoms with Gasteiger partial charge in [-0.25, -0.2) is 0 Å². The topological polar surface area (TPSA) is 163 Å². The highest BCUT2D eigenvalue weighted by molar-refractivity contribution is 6.30. The first-order valence-corrected chi connectivity index (χ1v) is 12.6. The summed E-state index contributed by atoms with van der Waals surface area (Å²) >= 11 is 0. The molecule has 0 saturated carbocycles. The summed E-state index contributed by atoms with van der Waals surface area (Å²) in [6, 6.07) is 4.46. The zero-order valence-corrected chi connectivity index (χ0v) is 21.7. The predicted molar refractivity (Wildman–Crippen MR) is 131 cm³/mol. The Morgan fingerprint density at radius 2 is 1.66 bits per heavy atom. The lowest BCUT2D eigenvalue weighted by atomic mass is 9.79. The van der Waals surface area contributed by atoms with Crippen LogP contribution in [0.25, 0.3) is 0 Å². The van der Waals surface area contributed by atoms with Crippen molar-refractivity contribution in [3.63, 3.8) is 0 Å². The van der Waals surface area contributed by atoms with Crippen molar-refractivity contribution in [2.45, 2.75) is 63.6 Å². The second-order valence-electron chi connectivity index (χ2n) is 10.1. The summed E-state index contributed by atoms with van der Waals surface area (Å²) < 4.78 is 50.2. The third kappa shape index (κ3) is 4.81. The van der Waals surface area contributed by atoms with Gasteiger partial charge >= 0.3 is 12.1 Å². The van der Waals surface area contributed by atoms with Crippen LogP contribution in [0.3, 0.4) is 0 Å². The SMILES string of the molecule is CC(=O)N1Cc2c(O)c3c(c(O)c2[C@@H](OC2C[C@H](NC(=O)C(F)(F)F)[C@H](O)[C@H](C)O2)C1)C(=O)c1ccccc1C3=O. The smallest absolute Gasteiger partial charge is 0.471 e. The van der Waals surface area contributed by atoms with Crippen LogP contribution in [-0.4, -0.2) is 80.9 Å². The van der Waals surface area contributed by atoms with E-state index in [1.54, 1.807) is 5.32 Å². The zero-order chi connectivity index (χ0) is 30.0. The first kappa shape index (κ1) is 28.5. The van der Waals surface area contributed by atoms with Crippen molar-refractivity contribution in [1.29, 1.82) is 0 Å². The molecule has 2 amide bonds. The van der Waals surface area contributed by atoms with Gasteiger partial charge in [0.1, 0.15) is 23.7 Å². The van der Waals surface area contributed by atoms with Gasteiger partial charge in [-0.05, 0) is 6.92 Å². The number of carbonyl (C=O) groups is 4. The average Bonchev–Trinajstić information content (AvgIpc) is 2.91. The van der Waals surface area contributed by atoms with Crippen molar-refractivity contribution in [3.05, 3.63) is 57.6 Å². The third-order valence-corrected chi connectivity index (χ3v) is 7.56. The number of aliphatic hydroxyl groups is 1. The van der Waals surface area contributed by atoms with Gasteiger partial charge in [0.2, 0.25) is 5.91 Å². The van der Waals surface area contributed by atoms with E-state index in [9.17, 15) is 47.7 Å². The van der Waals surface area contributed by atoms with Gasteiger partial charge in [-0.2, -0.15) is 13.2 Å². The van der Waals surface area contributed by atoms with Gasteiger partial charge in [-0.1, -0.05) is 24.3 Å². The molecule has 5 atom stereocenters. The minimum atomic E-state index is -5.20. The second kappa shape index (κ2) is 10.1. The van der Waals surface area contributed by atoms with Gasteiger partial charge in [0, 0.05) is 42.1 Å². The minimum Gasteiger partial charge on any atom is -0.507 e. The lowest BCUT2D eigenvalue weighted by Gasteiger charge is -2.42. The van der Waals surface area contributed by atoms with Gasteiger partial charge in [-0.3, -0.25) is 19.2 Å². The number of nitrogens with zero attached hydrogens (tertiary/aromatic N) is 1. The summed E-state index contributed by atoms with van der Waals surface area (Å²) in [6.07, 6.45) is -10.9. The monoisotopic (exact) mass is 578 g/mol. The second-order valence-corrected chi connectivity index (χ2v) is 10.1. The lowest BCUT2D eigenvalue weighted by molar-refractivity contribution is -0.247. The quantitative estimate of drug-likeness (QED) is 0.340. The molecule has 218 valence electrons. The molecule has 3 aliphatic rings. The van der Waals surface area contributed by atoms with E-state index in [2.05, 4.69) is 0 Å². The van der Waals surface area contributed by atoms with E-state index in [1.165, 1.54) is 43.0 Å². The number of phenols is 2. The number of hydrogen-bond donors (Lipinski definition) is 4. The summed E-state index contributed by atoms with van der Waals surface area (Å²) in [6.45, 7) is 2.12. The van der Waals surface area contributed by atoms with Crippen LogP contribution in [0.4, 0.5) is 13.2 Å². The number of halogens is 3. The average molecular weight is 578 g/mol. The van der Waals surface area contributed by atoms with Crippen LogP contribution in [0, 0.1) is 0 Å². The molecule has 1 fully saturated rings. The van der Waals surface area contributed by atoms with Crippen LogP contribution in [0.1, 0.15) is 69.3 Å². The molecule has 2 heterocycles. The molecule has 41 heavy (non-hydrogen) atoms. The van der Waals surface area contributed by atoms with E-state index in [4.69, 9.17) is 9.47 Å². The van der Waals surface area contributed by atoms with Gasteiger partial charge in [-0.15, -0.1) is 0 Å². The number of phenolic OH excluding ortho intramolecular Hbond substituents is 2. The standard InChI is InChI=1S/C27H25F3N2O9/c1-10-21(34)15(31-26(39)27(28,29)30)7-17(40-10)41-16-9-32(11(2)33)8-14-18(16)25(38)20-19(24(14)37)22(35)12-5-3-4-6-13(12)23(20)36/h3-6,10,15-17,21,34,37-38H,7-9H2,1-2H3,(H,31,39)/t10-,15-,16-,17?,21+/m0/s1. The van der Waals surface area contributed by atoms with Crippen molar-refractivity contribution in [2.75, 3.05) is 6.54 Å². The Hall–Kier alpha value is -4.01. The Balaban J connectivity index is 1.54. The minimum absolute atomic E-state index is 0.0139. The molecule has 0 radical (unpaired) electrons. The fourth-order valence-electron chi connectivity index (χ4n) is 5.50. The first-order valence-electron chi connectivity index (χ1n) is 12.6. The highest BCUT2D eigenvalue weighted by atomic mass is 19.4. The number of rotatable bonds is 3. The maximum Gasteiger partial charge on any atom is 0.471 e. The van der Waals surface area contributed by atoms with Gasteiger partial charge in [0.25, 0.3) is 0 Å². The van der Waals surface area contributed by atoms with E-state index in [0.717, 1.165) is 0 Å². The van der Waals surface area contributed by atoms with E-state index >= 15 is 0 Å². The summed E-state index contributed by atoms with van der Waals surface area (Å²) in [5.74, 6) is -5.43. The molecule has 2 aromatic rings. The fraction of sp³-hybridized carbons (Fsp3) is 0.407. The van der Waals surface area contributed by atoms with E-state index < -0.39 is 89.2 Å². The molecular formula is C27H25F3N2O9. The van der Waals surface area contributed by atoms with Gasteiger partial charge < -0.3 is 35.0 Å². The number of nitrogens with one attached hydrogen (secondary N) is 1. The predicted octanol–water partition coefficient (Wildman–Crippen LogP) is 1.84. The number of fused-ring (bicyclic) bond motifs is 3. The van der Waals surface area contributed by atoms with Crippen LogP contribution in [0.2, 0.25) is 0 Å². The molecule has 1 unspecified atom stereocenters. The Morgan fingerprint density at radius 3 is 2.22 bits per heavy atom. The molecule has 1 aliphatic carbocycles. The third-order valence-electron chi connectivity index (χ3n) is 7.56. The van der Waals surface area contributed by atoms with E-state index in [-0.39, 0.29) is 35.3 Å². The zero-order valence-electron chi connectivity index (χ0n) is 21.7. The maximum absolute atomic E-state index is 13.4. The Labute approximate surface area is 230 Å². The van der Waals surface area contributed by atoms with Crippen molar-refractivity contribution in [3.8, 4) is 11.5 Å². The normalized spacial score (nSPS) is 25.7. The number of amides is 2. The number of ketones is 2. The van der Waals surface area contributed by atoms with Crippen LogP contribution in [0.5, 0.6) is 11.5 Å². The van der Waals surface area contributed by atoms with Crippen LogP contribution in [-0.2, 0) is 25.6 Å². The number of alkyl halides is 3. The number of carbonyl (C=O) groups excluding carboxylic acids is 4. The van der Waals surface area contributed by atoms with Crippen molar-refractivity contribution in [1.82, 2.24) is 10.2 Å². The highest BCUT2D eigenvalue weighted by Crippen LogP contribution is 2.48. The molecule has 0 spiro atoms. The van der Waals surface area contributed by atoms with Crippen molar-refractivity contribution in [2.24, 2.45) is 0 Å². The Morgan fingerprint density at radius 1 is 1.07 bits per heavy atom. The number of ether oxygens (including phenoxy) is 2. The highest BCUT2D eigenvalue weighted by Gasteiger charge is 2.46. The molecule has 2 aliphatic heterocycles. The van der Waals surface area contributed by atoms with Gasteiger partial charge in [0.05, 0.1) is 29.8 Å². The Bertz CT molecular complexity index is 1470. The molecule has 1 saturated heterocycles. The van der Waals surface area contributed by atoms with Crippen LogP contribution >= 0.6 is 0 Å². The number of aliphatic hydroxyl groups excluding tert-OH is 1. The van der Waals surface area contributed by atoms with Crippen molar-refractivity contribution >= 4 is 23.4 Å². The largest absolute Gasteiger partial charge is 0.507 e. The molecule has 14 heteroatoms. The van der Waals surface area contributed by atoms with Crippen molar-refractivity contribution < 1.29 is 57.1 Å². The summed E-state index contributed by atoms with van der Waals surface area (Å²) in [5, 5.41) is 34.7. The van der Waals surface area contributed by atoms with Crippen LogP contribution < -0.4 is 5.32 Å². The van der Waals surface area contributed by atoms with E-state index in [0.29, 0.717) is 0 Å². The summed E-state index contributed by atoms with van der Waals surface area (Å²) in [7, 11) is 0. The molecule has 2 aromatic carbocycles. The number of hydrogen-bond acceptors (Lipinski definition) is 9. The fourth-order valence-corrected chi connectivity index (χ4v) is 5.50. The maximum atomic E-state index is 13.4. The lowest BCUT2D eigenvalue weighted by Crippen LogP contribution is -2.57. The molecule has 0 aromatic heterocycles. The van der Waals surface area contributed by atoms with Crippen LogP contribution in [0.15, 0.2) is 24.3 Å². The molecule has 4 N–H and O–H groups in total. The van der Waals surface area contributed by atoms with Gasteiger partial charge in [0.15, 0.2) is 17.9 Å². The summed E-state index contributed by atoms with van der Waals surface area (Å²) in [5.41, 5.74) is -0.980. The molecule has 5 rings (SSSR count). The number of aromatic hydroxyl groups is 2. The first-order chi connectivity index (χ1) is 19.2. The summed E-state index contributed by atoms with van der Waals surface area (Å²) in [4.78, 5) is 51.8. The molecule has 0 bridgehead atoms. The Kier molecular flexibility index (Phi) is 7.04. The number of benzene rings is 2. The molecular weight excluding hydrogens is 553 g/mol. The molecule has 11 nitrogen and oxygen atoms in total. The van der Waals surface area contributed by atoms with E-state index in [1.807, 2.05) is 0 Å².